The topological polar surface area (TPSA) is 26.0 Å². The van der Waals surface area contributed by atoms with E-state index >= 15 is 0 Å². The lowest BCUT2D eigenvalue weighted by atomic mass is 10.1. The summed E-state index contributed by atoms with van der Waals surface area (Å²) in [5.74, 6) is 0. The van der Waals surface area contributed by atoms with Crippen molar-refractivity contribution in [2.45, 2.75) is 6.42 Å². The van der Waals surface area contributed by atoms with E-state index in [1.165, 1.54) is 5.56 Å². The summed E-state index contributed by atoms with van der Waals surface area (Å²) < 4.78 is 0. The van der Waals surface area contributed by atoms with Gasteiger partial charge in [0.1, 0.15) is 0 Å². The van der Waals surface area contributed by atoms with Crippen molar-refractivity contribution in [2.75, 3.05) is 0 Å². The van der Waals surface area contributed by atoms with Crippen LogP contribution in [0, 0.1) is 0 Å². The Hall–Kier alpha value is -2.02. The molecule has 2 aromatic rings. The molecule has 0 radical (unpaired) electrons. The van der Waals surface area contributed by atoms with E-state index < -0.39 is 0 Å². The van der Waals surface area contributed by atoms with Gasteiger partial charge in [0.15, 0.2) is 0 Å². The van der Waals surface area contributed by atoms with E-state index in [1.54, 1.807) is 0 Å². The highest BCUT2D eigenvalue weighted by atomic mass is 14.6. The minimum atomic E-state index is 0.837. The first-order chi connectivity index (χ1) is 7.86. The summed E-state index contributed by atoms with van der Waals surface area (Å²) in [6, 6.07) is 20.4. The fourth-order valence-corrected chi connectivity index (χ4v) is 1.59. The number of benzene rings is 2. The molecule has 0 amide bonds. The van der Waals surface area contributed by atoms with Gasteiger partial charge in [-0.05, 0) is 17.5 Å². The normalized spacial score (nSPS) is 11.4. The molecule has 0 saturated carbocycles. The zero-order valence-corrected chi connectivity index (χ0v) is 9.14. The fraction of sp³-hybridized carbons (Fsp3) is 0.0667. The lowest BCUT2D eigenvalue weighted by Gasteiger charge is -2.01. The van der Waals surface area contributed by atoms with Gasteiger partial charge in [-0.15, -0.1) is 0 Å². The molecular formula is C15H15N. The molecular weight excluding hydrogens is 194 g/mol. The molecule has 0 heterocycles. The summed E-state index contributed by atoms with van der Waals surface area (Å²) >= 11 is 0. The predicted molar refractivity (Wildman–Crippen MR) is 68.8 cm³/mol. The molecule has 0 unspecified atom stereocenters. The van der Waals surface area contributed by atoms with E-state index in [-0.39, 0.29) is 0 Å². The second-order valence-electron chi connectivity index (χ2n) is 3.72. The van der Waals surface area contributed by atoms with Gasteiger partial charge in [-0.2, -0.15) is 0 Å². The Bertz CT molecular complexity index is 457. The van der Waals surface area contributed by atoms with Crippen molar-refractivity contribution in [3.8, 4) is 0 Å². The van der Waals surface area contributed by atoms with Crippen LogP contribution in [-0.2, 0) is 6.42 Å². The molecule has 2 N–H and O–H groups in total. The largest absolute Gasteiger partial charge is 0.398 e. The molecule has 0 fully saturated rings. The van der Waals surface area contributed by atoms with E-state index in [4.69, 9.17) is 5.73 Å². The standard InChI is InChI=1S/C15H15N/c16-15(14-9-5-2-6-10-14)12-11-13-7-3-1-4-8-13/h1-10,12H,11,16H2/b15-12+. The molecule has 0 bridgehead atoms. The van der Waals surface area contributed by atoms with Crippen LogP contribution < -0.4 is 5.73 Å². The molecule has 0 aromatic heterocycles. The molecule has 0 aliphatic heterocycles. The lowest BCUT2D eigenvalue weighted by molar-refractivity contribution is 1.26. The Morgan fingerprint density at radius 3 is 2.06 bits per heavy atom. The first-order valence-corrected chi connectivity index (χ1v) is 5.41. The van der Waals surface area contributed by atoms with E-state index in [0.29, 0.717) is 0 Å². The Balaban J connectivity index is 2.09. The minimum Gasteiger partial charge on any atom is -0.398 e. The zero-order valence-electron chi connectivity index (χ0n) is 9.14. The van der Waals surface area contributed by atoms with Gasteiger partial charge in [0.05, 0.1) is 0 Å². The van der Waals surface area contributed by atoms with E-state index in [1.807, 2.05) is 48.5 Å². The molecule has 1 heteroatoms. The van der Waals surface area contributed by atoms with Crippen molar-refractivity contribution in [2.24, 2.45) is 5.73 Å². The second-order valence-corrected chi connectivity index (χ2v) is 3.72. The maximum Gasteiger partial charge on any atom is 0.0350 e. The molecule has 1 nitrogen and oxygen atoms in total. The predicted octanol–water partition coefficient (Wildman–Crippen LogP) is 3.23. The number of nitrogens with two attached hydrogens (primary N) is 1. The first kappa shape index (κ1) is 10.5. The number of allylic oxidation sites excluding steroid dienone is 1. The van der Waals surface area contributed by atoms with Gasteiger partial charge in [0, 0.05) is 5.70 Å². The zero-order chi connectivity index (χ0) is 11.2. The first-order valence-electron chi connectivity index (χ1n) is 5.41. The molecule has 0 spiro atoms. The third kappa shape index (κ3) is 2.74. The monoisotopic (exact) mass is 209 g/mol. The van der Waals surface area contributed by atoms with Crippen LogP contribution in [0.3, 0.4) is 0 Å². The van der Waals surface area contributed by atoms with Gasteiger partial charge >= 0.3 is 0 Å². The average Bonchev–Trinajstić information content (AvgIpc) is 2.38. The number of hydrogen-bond donors (Lipinski definition) is 1. The van der Waals surface area contributed by atoms with Crippen LogP contribution in [0.15, 0.2) is 66.7 Å². The molecule has 0 aliphatic rings. The summed E-state index contributed by atoms with van der Waals surface area (Å²) in [5, 5.41) is 0. The van der Waals surface area contributed by atoms with Crippen LogP contribution in [-0.4, -0.2) is 0 Å². The molecule has 16 heavy (non-hydrogen) atoms. The van der Waals surface area contributed by atoms with Crippen LogP contribution in [0.1, 0.15) is 11.1 Å². The Kier molecular flexibility index (Phi) is 3.39. The summed E-state index contributed by atoms with van der Waals surface area (Å²) in [6.45, 7) is 0. The van der Waals surface area contributed by atoms with Crippen LogP contribution in [0.5, 0.6) is 0 Å². The van der Waals surface area contributed by atoms with E-state index in [0.717, 1.165) is 17.7 Å². The Labute approximate surface area is 96.2 Å². The van der Waals surface area contributed by atoms with Gasteiger partial charge in [-0.1, -0.05) is 66.7 Å². The maximum atomic E-state index is 6.00. The fourth-order valence-electron chi connectivity index (χ4n) is 1.59. The summed E-state index contributed by atoms with van der Waals surface area (Å²) in [7, 11) is 0. The smallest absolute Gasteiger partial charge is 0.0350 e. The Morgan fingerprint density at radius 1 is 0.875 bits per heavy atom. The number of rotatable bonds is 3. The van der Waals surface area contributed by atoms with E-state index in [2.05, 4.69) is 18.2 Å². The highest BCUT2D eigenvalue weighted by Crippen LogP contribution is 2.09. The van der Waals surface area contributed by atoms with Gasteiger partial charge in [0.2, 0.25) is 0 Å². The van der Waals surface area contributed by atoms with Crippen molar-refractivity contribution >= 4 is 5.70 Å². The quantitative estimate of drug-likeness (QED) is 0.825. The molecule has 2 rings (SSSR count). The van der Waals surface area contributed by atoms with Gasteiger partial charge in [-0.25, -0.2) is 0 Å². The maximum absolute atomic E-state index is 6.00. The van der Waals surface area contributed by atoms with Crippen molar-refractivity contribution in [3.05, 3.63) is 77.9 Å². The molecule has 2 aromatic carbocycles. The highest BCUT2D eigenvalue weighted by molar-refractivity contribution is 5.62. The lowest BCUT2D eigenvalue weighted by Crippen LogP contribution is -1.96. The van der Waals surface area contributed by atoms with Crippen LogP contribution in [0.2, 0.25) is 0 Å². The minimum absolute atomic E-state index is 0.837. The average molecular weight is 209 g/mol. The highest BCUT2D eigenvalue weighted by Gasteiger charge is 1.94. The summed E-state index contributed by atoms with van der Waals surface area (Å²) in [6.07, 6.45) is 2.94. The SMILES string of the molecule is N/C(=C/Cc1ccccc1)c1ccccc1. The molecule has 80 valence electrons. The van der Waals surface area contributed by atoms with Crippen molar-refractivity contribution in [1.82, 2.24) is 0 Å². The summed E-state index contributed by atoms with van der Waals surface area (Å²) in [5.41, 5.74) is 9.20. The molecule has 0 saturated heterocycles. The Morgan fingerprint density at radius 2 is 1.44 bits per heavy atom. The van der Waals surface area contributed by atoms with Gasteiger partial charge in [0.25, 0.3) is 0 Å². The van der Waals surface area contributed by atoms with Crippen LogP contribution >= 0.6 is 0 Å². The number of hydrogen-bond acceptors (Lipinski definition) is 1. The van der Waals surface area contributed by atoms with Crippen molar-refractivity contribution in [3.63, 3.8) is 0 Å². The second kappa shape index (κ2) is 5.17. The van der Waals surface area contributed by atoms with Crippen LogP contribution in [0.25, 0.3) is 5.70 Å². The van der Waals surface area contributed by atoms with Gasteiger partial charge < -0.3 is 5.73 Å². The van der Waals surface area contributed by atoms with E-state index in [9.17, 15) is 0 Å². The molecule has 0 atom stereocenters. The van der Waals surface area contributed by atoms with Crippen molar-refractivity contribution in [1.29, 1.82) is 0 Å². The molecule has 0 aliphatic carbocycles. The summed E-state index contributed by atoms with van der Waals surface area (Å²) in [4.78, 5) is 0. The van der Waals surface area contributed by atoms with Gasteiger partial charge in [-0.3, -0.25) is 0 Å². The third-order valence-electron chi connectivity index (χ3n) is 2.51. The van der Waals surface area contributed by atoms with Crippen LogP contribution in [0.4, 0.5) is 0 Å². The third-order valence-corrected chi connectivity index (χ3v) is 2.51. The van der Waals surface area contributed by atoms with Crippen molar-refractivity contribution < 1.29 is 0 Å².